The third-order valence-corrected chi connectivity index (χ3v) is 3.24. The number of hydrogen-bond donors (Lipinski definition) is 2. The van der Waals surface area contributed by atoms with Crippen molar-refractivity contribution >= 4 is 11.9 Å². The van der Waals surface area contributed by atoms with Gasteiger partial charge in [-0.05, 0) is 30.7 Å². The molecule has 0 saturated heterocycles. The molecule has 1 heterocycles. The average molecular weight is 314 g/mol. The van der Waals surface area contributed by atoms with Gasteiger partial charge in [-0.15, -0.1) is 0 Å². The molecule has 0 spiro atoms. The zero-order valence-corrected chi connectivity index (χ0v) is 12.7. The van der Waals surface area contributed by atoms with E-state index >= 15 is 0 Å². The molecule has 120 valence electrons. The van der Waals surface area contributed by atoms with E-state index in [9.17, 15) is 9.59 Å². The summed E-state index contributed by atoms with van der Waals surface area (Å²) in [7, 11) is 0. The molecule has 0 aliphatic carbocycles. The summed E-state index contributed by atoms with van der Waals surface area (Å²) >= 11 is 0. The fourth-order valence-electron chi connectivity index (χ4n) is 1.96. The number of carboxylic acids is 1. The molecule has 0 radical (unpaired) electrons. The summed E-state index contributed by atoms with van der Waals surface area (Å²) in [5, 5.41) is 11.5. The van der Waals surface area contributed by atoms with Crippen molar-refractivity contribution in [1.29, 1.82) is 0 Å². The number of pyridine rings is 1. The Labute approximate surface area is 134 Å². The Morgan fingerprint density at radius 3 is 2.78 bits per heavy atom. The molecule has 2 N–H and O–H groups in total. The molecular weight excluding hydrogens is 296 g/mol. The van der Waals surface area contributed by atoms with Crippen LogP contribution in [0, 0.1) is 0 Å². The number of hydrogen-bond acceptors (Lipinski definition) is 4. The fourth-order valence-corrected chi connectivity index (χ4v) is 1.96. The van der Waals surface area contributed by atoms with Crippen LogP contribution in [0.2, 0.25) is 0 Å². The number of carboxylic acid groups (broad SMARTS) is 1. The zero-order valence-electron chi connectivity index (χ0n) is 12.7. The highest BCUT2D eigenvalue weighted by atomic mass is 16.5. The first kappa shape index (κ1) is 16.5. The van der Waals surface area contributed by atoms with E-state index in [0.29, 0.717) is 24.3 Å². The summed E-state index contributed by atoms with van der Waals surface area (Å²) in [5.41, 5.74) is 1.27. The van der Waals surface area contributed by atoms with Gasteiger partial charge in [0.2, 0.25) is 0 Å². The molecule has 0 bridgehead atoms. The van der Waals surface area contributed by atoms with Gasteiger partial charge >= 0.3 is 5.97 Å². The highest BCUT2D eigenvalue weighted by Crippen LogP contribution is 2.15. The van der Waals surface area contributed by atoms with E-state index in [2.05, 4.69) is 10.3 Å². The van der Waals surface area contributed by atoms with Gasteiger partial charge in [0.25, 0.3) is 5.91 Å². The predicted octanol–water partition coefficient (Wildman–Crippen LogP) is 2.25. The summed E-state index contributed by atoms with van der Waals surface area (Å²) in [6.07, 6.45) is 3.70. The minimum atomic E-state index is -1.05. The monoisotopic (exact) mass is 314 g/mol. The standard InChI is InChI=1S/C17H18N2O4/c1-2-15(17(21)22)19-16(20)13-6-3-7-14(9-13)23-11-12-5-4-8-18-10-12/h3-10,15H,2,11H2,1H3,(H,19,20)(H,21,22). The largest absolute Gasteiger partial charge is 0.489 e. The van der Waals surface area contributed by atoms with Crippen LogP contribution in [0.3, 0.4) is 0 Å². The lowest BCUT2D eigenvalue weighted by molar-refractivity contribution is -0.139. The van der Waals surface area contributed by atoms with E-state index < -0.39 is 17.9 Å². The van der Waals surface area contributed by atoms with Gasteiger partial charge in [-0.3, -0.25) is 9.78 Å². The van der Waals surface area contributed by atoms with Crippen molar-refractivity contribution in [3.05, 3.63) is 59.9 Å². The van der Waals surface area contributed by atoms with Crippen LogP contribution in [-0.2, 0) is 11.4 Å². The summed E-state index contributed by atoms with van der Waals surface area (Å²) in [5.74, 6) is -0.958. The zero-order chi connectivity index (χ0) is 16.7. The Kier molecular flexibility index (Phi) is 5.68. The van der Waals surface area contributed by atoms with Crippen LogP contribution >= 0.6 is 0 Å². The molecule has 1 aromatic carbocycles. The third kappa shape index (κ3) is 4.81. The Balaban J connectivity index is 2.01. The van der Waals surface area contributed by atoms with Gasteiger partial charge in [0.15, 0.2) is 0 Å². The number of nitrogens with zero attached hydrogens (tertiary/aromatic N) is 1. The van der Waals surface area contributed by atoms with Gasteiger partial charge in [0.05, 0.1) is 0 Å². The Morgan fingerprint density at radius 2 is 2.13 bits per heavy atom. The predicted molar refractivity (Wildman–Crippen MR) is 84.2 cm³/mol. The summed E-state index contributed by atoms with van der Waals surface area (Å²) < 4.78 is 5.63. The minimum Gasteiger partial charge on any atom is -0.489 e. The second-order valence-electron chi connectivity index (χ2n) is 4.95. The van der Waals surface area contributed by atoms with Gasteiger partial charge in [0, 0.05) is 23.5 Å². The minimum absolute atomic E-state index is 0.318. The molecule has 1 amide bonds. The number of aliphatic carboxylic acids is 1. The number of amides is 1. The number of carbonyl (C=O) groups excluding carboxylic acids is 1. The van der Waals surface area contributed by atoms with Crippen molar-refractivity contribution in [3.8, 4) is 5.75 Å². The Bertz CT molecular complexity index is 673. The first-order valence-electron chi connectivity index (χ1n) is 7.25. The highest BCUT2D eigenvalue weighted by Gasteiger charge is 2.18. The van der Waals surface area contributed by atoms with Crippen molar-refractivity contribution in [2.24, 2.45) is 0 Å². The lowest BCUT2D eigenvalue weighted by Crippen LogP contribution is -2.40. The van der Waals surface area contributed by atoms with E-state index in [1.54, 1.807) is 43.6 Å². The summed E-state index contributed by atoms with van der Waals surface area (Å²) in [4.78, 5) is 27.1. The van der Waals surface area contributed by atoms with Crippen molar-refractivity contribution in [1.82, 2.24) is 10.3 Å². The van der Waals surface area contributed by atoms with Gasteiger partial charge in [-0.1, -0.05) is 19.1 Å². The van der Waals surface area contributed by atoms with E-state index in [1.807, 2.05) is 12.1 Å². The smallest absolute Gasteiger partial charge is 0.326 e. The summed E-state index contributed by atoms with van der Waals surface area (Å²) in [6.45, 7) is 2.04. The SMILES string of the molecule is CCC(NC(=O)c1cccc(OCc2cccnc2)c1)C(=O)O. The topological polar surface area (TPSA) is 88.5 Å². The molecule has 2 aromatic rings. The molecule has 0 aliphatic heterocycles. The molecule has 1 atom stereocenters. The number of carbonyl (C=O) groups is 2. The molecular formula is C17H18N2O4. The average Bonchev–Trinajstić information content (AvgIpc) is 2.58. The van der Waals surface area contributed by atoms with Crippen LogP contribution in [0.25, 0.3) is 0 Å². The van der Waals surface area contributed by atoms with E-state index in [-0.39, 0.29) is 0 Å². The first-order chi connectivity index (χ1) is 11.1. The lowest BCUT2D eigenvalue weighted by Gasteiger charge is -2.13. The molecule has 0 saturated carbocycles. The number of benzene rings is 1. The van der Waals surface area contributed by atoms with Crippen LogP contribution in [0.4, 0.5) is 0 Å². The van der Waals surface area contributed by atoms with Crippen molar-refractivity contribution in [2.75, 3.05) is 0 Å². The number of aromatic nitrogens is 1. The van der Waals surface area contributed by atoms with Gasteiger partial charge in [-0.25, -0.2) is 4.79 Å². The molecule has 6 nitrogen and oxygen atoms in total. The number of ether oxygens (including phenoxy) is 1. The number of rotatable bonds is 7. The molecule has 2 rings (SSSR count). The molecule has 6 heteroatoms. The van der Waals surface area contributed by atoms with Gasteiger partial charge in [0.1, 0.15) is 18.4 Å². The van der Waals surface area contributed by atoms with Crippen LogP contribution in [0.5, 0.6) is 5.75 Å². The lowest BCUT2D eigenvalue weighted by atomic mass is 10.1. The van der Waals surface area contributed by atoms with Crippen LogP contribution < -0.4 is 10.1 Å². The van der Waals surface area contributed by atoms with E-state index in [0.717, 1.165) is 5.56 Å². The summed E-state index contributed by atoms with van der Waals surface area (Å²) in [6, 6.07) is 9.43. The van der Waals surface area contributed by atoms with Crippen molar-refractivity contribution in [3.63, 3.8) is 0 Å². The van der Waals surface area contributed by atoms with Crippen molar-refractivity contribution in [2.45, 2.75) is 26.0 Å². The van der Waals surface area contributed by atoms with Gasteiger partial charge in [-0.2, -0.15) is 0 Å². The fraction of sp³-hybridized carbons (Fsp3) is 0.235. The molecule has 0 aliphatic rings. The quantitative estimate of drug-likeness (QED) is 0.818. The van der Waals surface area contributed by atoms with E-state index in [1.165, 1.54) is 0 Å². The molecule has 1 aromatic heterocycles. The van der Waals surface area contributed by atoms with Crippen molar-refractivity contribution < 1.29 is 19.4 Å². The van der Waals surface area contributed by atoms with Crippen LogP contribution in [0.1, 0.15) is 29.3 Å². The Morgan fingerprint density at radius 1 is 1.30 bits per heavy atom. The maximum absolute atomic E-state index is 12.1. The number of nitrogens with one attached hydrogen (secondary N) is 1. The Hall–Kier alpha value is -2.89. The van der Waals surface area contributed by atoms with Gasteiger partial charge < -0.3 is 15.2 Å². The molecule has 1 unspecified atom stereocenters. The molecule has 0 fully saturated rings. The highest BCUT2D eigenvalue weighted by molar-refractivity contribution is 5.96. The first-order valence-corrected chi connectivity index (χ1v) is 7.25. The van der Waals surface area contributed by atoms with E-state index in [4.69, 9.17) is 9.84 Å². The third-order valence-electron chi connectivity index (χ3n) is 3.24. The maximum Gasteiger partial charge on any atom is 0.326 e. The maximum atomic E-state index is 12.1. The van der Waals surface area contributed by atoms with Crippen LogP contribution in [-0.4, -0.2) is 28.0 Å². The second kappa shape index (κ2) is 7.93. The van der Waals surface area contributed by atoms with Crippen LogP contribution in [0.15, 0.2) is 48.8 Å². The molecule has 23 heavy (non-hydrogen) atoms. The second-order valence-corrected chi connectivity index (χ2v) is 4.95. The normalized spacial score (nSPS) is 11.5.